The van der Waals surface area contributed by atoms with Crippen LogP contribution in [0.5, 0.6) is 5.88 Å². The van der Waals surface area contributed by atoms with Gasteiger partial charge < -0.3 is 9.84 Å². The number of carboxylic acids is 1. The summed E-state index contributed by atoms with van der Waals surface area (Å²) >= 11 is 0. The van der Waals surface area contributed by atoms with Crippen LogP contribution in [0.25, 0.3) is 0 Å². The molecule has 1 aromatic heterocycles. The zero-order chi connectivity index (χ0) is 13.8. The second-order valence-corrected chi connectivity index (χ2v) is 6.07. The van der Waals surface area contributed by atoms with Crippen molar-refractivity contribution < 1.29 is 23.1 Å². The van der Waals surface area contributed by atoms with E-state index in [2.05, 4.69) is 4.98 Å². The maximum Gasteiger partial charge on any atom is 0.307 e. The third-order valence-electron chi connectivity index (χ3n) is 2.28. The largest absolute Gasteiger partial charge is 0.481 e. The van der Waals surface area contributed by atoms with Crippen molar-refractivity contribution in [1.29, 1.82) is 0 Å². The van der Waals surface area contributed by atoms with Crippen LogP contribution in [0.2, 0.25) is 0 Å². The minimum Gasteiger partial charge on any atom is -0.481 e. The van der Waals surface area contributed by atoms with Crippen LogP contribution < -0.4 is 4.74 Å². The number of hydrogen-bond donors (Lipinski definition) is 1. The summed E-state index contributed by atoms with van der Waals surface area (Å²) in [5.74, 6) is -2.42. The molecule has 7 heteroatoms. The van der Waals surface area contributed by atoms with Gasteiger partial charge in [-0.05, 0) is 6.07 Å². The van der Waals surface area contributed by atoms with E-state index in [0.717, 1.165) is 0 Å². The first kappa shape index (κ1) is 14.4. The molecule has 6 nitrogen and oxygen atoms in total. The van der Waals surface area contributed by atoms with Crippen molar-refractivity contribution in [1.82, 2.24) is 4.98 Å². The molecule has 0 saturated carbocycles. The molecule has 0 fully saturated rings. The molecule has 100 valence electrons. The second kappa shape index (κ2) is 5.81. The fraction of sp³-hybridized carbons (Fsp3) is 0.455. The van der Waals surface area contributed by atoms with E-state index in [-0.39, 0.29) is 5.75 Å². The van der Waals surface area contributed by atoms with E-state index in [1.54, 1.807) is 18.2 Å². The predicted molar refractivity (Wildman–Crippen MR) is 65.1 cm³/mol. The van der Waals surface area contributed by atoms with Gasteiger partial charge in [0.1, 0.15) is 0 Å². The van der Waals surface area contributed by atoms with E-state index in [9.17, 15) is 13.2 Å². The van der Waals surface area contributed by atoms with Crippen molar-refractivity contribution in [3.8, 4) is 5.88 Å². The van der Waals surface area contributed by atoms with Gasteiger partial charge in [0.2, 0.25) is 5.88 Å². The molecule has 18 heavy (non-hydrogen) atoms. The monoisotopic (exact) mass is 273 g/mol. The number of pyridine rings is 1. The Morgan fingerprint density at radius 2 is 2.17 bits per heavy atom. The first-order valence-corrected chi connectivity index (χ1v) is 7.09. The Morgan fingerprint density at radius 3 is 2.72 bits per heavy atom. The number of rotatable bonds is 6. The van der Waals surface area contributed by atoms with Gasteiger partial charge in [-0.3, -0.25) is 4.79 Å². The van der Waals surface area contributed by atoms with Crippen molar-refractivity contribution in [2.45, 2.75) is 12.7 Å². The van der Waals surface area contributed by atoms with Gasteiger partial charge in [0.15, 0.2) is 9.84 Å². The SMILES string of the molecule is COc1cccc(CS(=O)(=O)CC(C)C(=O)O)n1. The lowest BCUT2D eigenvalue weighted by Crippen LogP contribution is -2.22. The Kier molecular flexibility index (Phi) is 4.66. The zero-order valence-corrected chi connectivity index (χ0v) is 11.0. The third kappa shape index (κ3) is 4.33. The van der Waals surface area contributed by atoms with Crippen LogP contribution in [0.4, 0.5) is 0 Å². The zero-order valence-electron chi connectivity index (χ0n) is 10.2. The summed E-state index contributed by atoms with van der Waals surface area (Å²) < 4.78 is 28.4. The predicted octanol–water partition coefficient (Wildman–Crippen LogP) is 0.726. The van der Waals surface area contributed by atoms with Gasteiger partial charge in [-0.15, -0.1) is 0 Å². The van der Waals surface area contributed by atoms with E-state index in [4.69, 9.17) is 9.84 Å². The Labute approximate surface area is 106 Å². The van der Waals surface area contributed by atoms with E-state index < -0.39 is 27.5 Å². The number of sulfone groups is 1. The molecule has 0 amide bonds. The first-order valence-electron chi connectivity index (χ1n) is 5.27. The lowest BCUT2D eigenvalue weighted by Gasteiger charge is -2.08. The highest BCUT2D eigenvalue weighted by atomic mass is 32.2. The average Bonchev–Trinajstić information content (AvgIpc) is 2.27. The Hall–Kier alpha value is -1.63. The van der Waals surface area contributed by atoms with Gasteiger partial charge in [0.05, 0.1) is 30.2 Å². The number of carbonyl (C=O) groups is 1. The topological polar surface area (TPSA) is 93.6 Å². The maximum atomic E-state index is 11.8. The van der Waals surface area contributed by atoms with Gasteiger partial charge in [-0.25, -0.2) is 13.4 Å². The maximum absolute atomic E-state index is 11.8. The van der Waals surface area contributed by atoms with Crippen LogP contribution in [0.15, 0.2) is 18.2 Å². The molecule has 1 unspecified atom stereocenters. The van der Waals surface area contributed by atoms with Gasteiger partial charge in [-0.1, -0.05) is 13.0 Å². The summed E-state index contributed by atoms with van der Waals surface area (Å²) in [5.41, 5.74) is 0.340. The molecule has 0 aliphatic rings. The highest BCUT2D eigenvalue weighted by Crippen LogP contribution is 2.12. The standard InChI is InChI=1S/C11H15NO5S/c1-8(11(13)14)6-18(15,16)7-9-4-3-5-10(12-9)17-2/h3-5,8H,6-7H2,1-2H3,(H,13,14). The van der Waals surface area contributed by atoms with Gasteiger partial charge in [-0.2, -0.15) is 0 Å². The summed E-state index contributed by atoms with van der Waals surface area (Å²) in [4.78, 5) is 14.6. The molecule has 1 atom stereocenters. The molecule has 0 bridgehead atoms. The molecule has 0 aliphatic heterocycles. The Balaban J connectivity index is 2.79. The summed E-state index contributed by atoms with van der Waals surface area (Å²) in [6, 6.07) is 4.80. The number of nitrogens with zero attached hydrogens (tertiary/aromatic N) is 1. The van der Waals surface area contributed by atoms with E-state index in [0.29, 0.717) is 11.6 Å². The van der Waals surface area contributed by atoms with Gasteiger partial charge >= 0.3 is 5.97 Å². The molecule has 1 heterocycles. The van der Waals surface area contributed by atoms with Crippen LogP contribution >= 0.6 is 0 Å². The van der Waals surface area contributed by atoms with Crippen molar-refractivity contribution in [2.24, 2.45) is 5.92 Å². The highest BCUT2D eigenvalue weighted by Gasteiger charge is 2.21. The van der Waals surface area contributed by atoms with Gasteiger partial charge in [0, 0.05) is 6.07 Å². The Morgan fingerprint density at radius 1 is 1.50 bits per heavy atom. The fourth-order valence-electron chi connectivity index (χ4n) is 1.39. The molecule has 0 aliphatic carbocycles. The molecular formula is C11H15NO5S. The van der Waals surface area contributed by atoms with Crippen LogP contribution in [0, 0.1) is 5.92 Å². The third-order valence-corrected chi connectivity index (χ3v) is 4.03. The van der Waals surface area contributed by atoms with Gasteiger partial charge in [0.25, 0.3) is 0 Å². The molecule has 0 spiro atoms. The molecule has 0 radical (unpaired) electrons. The van der Waals surface area contributed by atoms with Crippen LogP contribution in [-0.2, 0) is 20.4 Å². The quantitative estimate of drug-likeness (QED) is 0.821. The summed E-state index contributed by atoms with van der Waals surface area (Å²) in [5, 5.41) is 8.69. The molecule has 0 aromatic carbocycles. The molecular weight excluding hydrogens is 258 g/mol. The molecule has 0 saturated heterocycles. The summed E-state index contributed by atoms with van der Waals surface area (Å²) in [6.45, 7) is 1.36. The second-order valence-electron chi connectivity index (χ2n) is 3.97. The smallest absolute Gasteiger partial charge is 0.307 e. The number of aliphatic carboxylic acids is 1. The summed E-state index contributed by atoms with van der Waals surface area (Å²) in [6.07, 6.45) is 0. The van der Waals surface area contributed by atoms with E-state index in [1.807, 2.05) is 0 Å². The minimum atomic E-state index is -3.50. The van der Waals surface area contributed by atoms with Crippen LogP contribution in [-0.4, -0.2) is 37.3 Å². The van der Waals surface area contributed by atoms with E-state index >= 15 is 0 Å². The average molecular weight is 273 g/mol. The Bertz CT molecular complexity index is 526. The van der Waals surface area contributed by atoms with Crippen molar-refractivity contribution >= 4 is 15.8 Å². The molecule has 1 rings (SSSR count). The fourth-order valence-corrected chi connectivity index (χ4v) is 3.02. The van der Waals surface area contributed by atoms with Crippen LogP contribution in [0.1, 0.15) is 12.6 Å². The highest BCUT2D eigenvalue weighted by molar-refractivity contribution is 7.90. The molecule has 1 aromatic rings. The number of carboxylic acid groups (broad SMARTS) is 1. The van der Waals surface area contributed by atoms with Crippen molar-refractivity contribution in [2.75, 3.05) is 12.9 Å². The lowest BCUT2D eigenvalue weighted by molar-refractivity contribution is -0.140. The first-order chi connectivity index (χ1) is 8.34. The summed E-state index contributed by atoms with van der Waals surface area (Å²) in [7, 11) is -2.07. The number of ether oxygens (including phenoxy) is 1. The minimum absolute atomic E-state index is 0.290. The lowest BCUT2D eigenvalue weighted by atomic mass is 10.2. The number of methoxy groups -OCH3 is 1. The normalized spacial score (nSPS) is 13.0. The van der Waals surface area contributed by atoms with Crippen LogP contribution in [0.3, 0.4) is 0 Å². The number of hydrogen-bond acceptors (Lipinski definition) is 5. The van der Waals surface area contributed by atoms with Crippen molar-refractivity contribution in [3.63, 3.8) is 0 Å². The number of aromatic nitrogens is 1. The molecule has 1 N–H and O–H groups in total. The van der Waals surface area contributed by atoms with E-state index in [1.165, 1.54) is 14.0 Å². The van der Waals surface area contributed by atoms with Crippen molar-refractivity contribution in [3.05, 3.63) is 23.9 Å².